The maximum absolute atomic E-state index is 8.91. The summed E-state index contributed by atoms with van der Waals surface area (Å²) in [7, 11) is 0. The van der Waals surface area contributed by atoms with Crippen molar-refractivity contribution in [2.24, 2.45) is 0 Å². The molecule has 1 unspecified atom stereocenters. The lowest BCUT2D eigenvalue weighted by molar-refractivity contribution is -0.107. The van der Waals surface area contributed by atoms with Crippen molar-refractivity contribution in [1.29, 1.82) is 0 Å². The van der Waals surface area contributed by atoms with Crippen molar-refractivity contribution in [2.45, 2.75) is 24.9 Å². The van der Waals surface area contributed by atoms with Crippen LogP contribution in [0.2, 0.25) is 0 Å². The largest absolute Gasteiger partial charge is 0.394 e. The van der Waals surface area contributed by atoms with Gasteiger partial charge in [-0.2, -0.15) is 0 Å². The Morgan fingerprint density at radius 2 is 2.11 bits per heavy atom. The topological polar surface area (TPSA) is 69.9 Å². The average molecular weight is 134 g/mol. The van der Waals surface area contributed by atoms with Gasteiger partial charge in [0, 0.05) is 6.42 Å². The first kappa shape index (κ1) is 6.95. The minimum absolute atomic E-state index is 0.200. The van der Waals surface area contributed by atoms with E-state index in [1.54, 1.807) is 0 Å². The van der Waals surface area contributed by atoms with E-state index in [2.05, 4.69) is 4.74 Å². The fourth-order valence-corrected chi connectivity index (χ4v) is 0.871. The van der Waals surface area contributed by atoms with E-state index < -0.39 is 18.5 Å². The average Bonchev–Trinajstić information content (AvgIpc) is 2.10. The van der Waals surface area contributed by atoms with Crippen molar-refractivity contribution in [3.63, 3.8) is 0 Å². The maximum atomic E-state index is 8.91. The second kappa shape index (κ2) is 2.62. The second-order valence-electron chi connectivity index (χ2n) is 2.11. The lowest BCUT2D eigenvalue weighted by Gasteiger charge is -2.08. The highest BCUT2D eigenvalue weighted by Gasteiger charge is 2.31. The van der Waals surface area contributed by atoms with Crippen LogP contribution in [-0.2, 0) is 4.74 Å². The molecule has 4 nitrogen and oxygen atoms in total. The Bertz CT molecular complexity index is 95.0. The first-order chi connectivity index (χ1) is 4.24. The zero-order valence-electron chi connectivity index (χ0n) is 4.90. The van der Waals surface area contributed by atoms with E-state index in [4.69, 9.17) is 15.3 Å². The highest BCUT2D eigenvalue weighted by Crippen LogP contribution is 2.17. The van der Waals surface area contributed by atoms with Crippen LogP contribution in [0.4, 0.5) is 0 Å². The molecule has 0 amide bonds. The van der Waals surface area contributed by atoms with Gasteiger partial charge in [0.25, 0.3) is 0 Å². The fourth-order valence-electron chi connectivity index (χ4n) is 0.871. The molecule has 0 aliphatic carbocycles. The van der Waals surface area contributed by atoms with Gasteiger partial charge in [0.1, 0.15) is 6.10 Å². The van der Waals surface area contributed by atoms with Crippen LogP contribution in [0.5, 0.6) is 0 Å². The first-order valence-electron chi connectivity index (χ1n) is 2.86. The summed E-state index contributed by atoms with van der Waals surface area (Å²) >= 11 is 0. The molecule has 0 spiro atoms. The van der Waals surface area contributed by atoms with Crippen LogP contribution in [0.3, 0.4) is 0 Å². The van der Waals surface area contributed by atoms with Gasteiger partial charge in [-0.1, -0.05) is 0 Å². The minimum atomic E-state index is -0.905. The zero-order chi connectivity index (χ0) is 6.85. The van der Waals surface area contributed by atoms with Gasteiger partial charge in [0.15, 0.2) is 6.29 Å². The molecule has 3 N–H and O–H groups in total. The van der Waals surface area contributed by atoms with Crippen molar-refractivity contribution in [2.75, 3.05) is 6.61 Å². The standard InChI is InChI=1S/C5H10O4/c6-2-4-3(7)1-5(8)9-4/h3-8H,1-2H2/t3-,4-,5?/m1/s1. The third-order valence-electron chi connectivity index (χ3n) is 1.38. The molecule has 1 fully saturated rings. The van der Waals surface area contributed by atoms with Crippen LogP contribution in [-0.4, -0.2) is 40.4 Å². The van der Waals surface area contributed by atoms with Crippen LogP contribution in [0.25, 0.3) is 0 Å². The van der Waals surface area contributed by atoms with E-state index in [1.165, 1.54) is 0 Å². The van der Waals surface area contributed by atoms with Gasteiger partial charge in [0.2, 0.25) is 0 Å². The highest BCUT2D eigenvalue weighted by atomic mass is 16.6. The van der Waals surface area contributed by atoms with Crippen LogP contribution in [0, 0.1) is 0 Å². The summed E-state index contributed by atoms with van der Waals surface area (Å²) in [6, 6.07) is 0. The molecule has 1 aliphatic heterocycles. The second-order valence-corrected chi connectivity index (χ2v) is 2.11. The van der Waals surface area contributed by atoms with E-state index in [9.17, 15) is 0 Å². The molecule has 1 saturated heterocycles. The molecular formula is C5H10O4. The summed E-state index contributed by atoms with van der Waals surface area (Å²) in [6.07, 6.45) is -2.02. The lowest BCUT2D eigenvalue weighted by atomic mass is 10.2. The van der Waals surface area contributed by atoms with E-state index in [0.717, 1.165) is 0 Å². The minimum Gasteiger partial charge on any atom is -0.394 e. The molecule has 0 aromatic rings. The molecule has 0 bridgehead atoms. The molecule has 1 aliphatic rings. The highest BCUT2D eigenvalue weighted by molar-refractivity contribution is 4.75. The van der Waals surface area contributed by atoms with Crippen LogP contribution in [0.15, 0.2) is 0 Å². The number of hydrogen-bond acceptors (Lipinski definition) is 4. The SMILES string of the molecule is OC[C@H]1OC(O)C[C@H]1O. The summed E-state index contributed by atoms with van der Waals surface area (Å²) in [6.45, 7) is -0.238. The monoisotopic (exact) mass is 134 g/mol. The lowest BCUT2D eigenvalue weighted by Crippen LogP contribution is -2.24. The Kier molecular flexibility index (Phi) is 2.02. The third kappa shape index (κ3) is 1.40. The molecule has 9 heavy (non-hydrogen) atoms. The van der Waals surface area contributed by atoms with Crippen molar-refractivity contribution >= 4 is 0 Å². The summed E-state index contributed by atoms with van der Waals surface area (Å²) in [4.78, 5) is 0. The van der Waals surface area contributed by atoms with Crippen LogP contribution in [0.1, 0.15) is 6.42 Å². The van der Waals surface area contributed by atoms with Gasteiger partial charge in [0.05, 0.1) is 12.7 Å². The molecule has 0 saturated carbocycles. The first-order valence-corrected chi connectivity index (χ1v) is 2.86. The van der Waals surface area contributed by atoms with Crippen LogP contribution < -0.4 is 0 Å². The summed E-state index contributed by atoms with van der Waals surface area (Å²) < 4.78 is 4.68. The Balaban J connectivity index is 2.38. The molecule has 0 aromatic heterocycles. The molecule has 3 atom stereocenters. The quantitative estimate of drug-likeness (QED) is 0.406. The van der Waals surface area contributed by atoms with Gasteiger partial charge >= 0.3 is 0 Å². The number of hydrogen-bond donors (Lipinski definition) is 3. The van der Waals surface area contributed by atoms with E-state index in [-0.39, 0.29) is 13.0 Å². The molecule has 0 aromatic carbocycles. The Morgan fingerprint density at radius 1 is 1.44 bits per heavy atom. The fraction of sp³-hybridized carbons (Fsp3) is 1.00. The van der Waals surface area contributed by atoms with Gasteiger partial charge in [-0.15, -0.1) is 0 Å². The van der Waals surface area contributed by atoms with Gasteiger partial charge in [-0.25, -0.2) is 0 Å². The summed E-state index contributed by atoms with van der Waals surface area (Å²) in [5.41, 5.74) is 0. The third-order valence-corrected chi connectivity index (χ3v) is 1.38. The predicted octanol–water partition coefficient (Wildman–Crippen LogP) is -1.55. The molecule has 1 heterocycles. The Morgan fingerprint density at radius 3 is 2.33 bits per heavy atom. The maximum Gasteiger partial charge on any atom is 0.157 e. The normalized spacial score (nSPS) is 43.7. The molecule has 1 rings (SSSR count). The van der Waals surface area contributed by atoms with E-state index in [1.807, 2.05) is 0 Å². The van der Waals surface area contributed by atoms with Crippen molar-refractivity contribution in [3.8, 4) is 0 Å². The van der Waals surface area contributed by atoms with Gasteiger partial charge in [-0.05, 0) is 0 Å². The van der Waals surface area contributed by atoms with Crippen molar-refractivity contribution in [1.82, 2.24) is 0 Å². The predicted molar refractivity (Wildman–Crippen MR) is 28.6 cm³/mol. The summed E-state index contributed by atoms with van der Waals surface area (Å²) in [5.74, 6) is 0. The summed E-state index contributed by atoms with van der Waals surface area (Å²) in [5, 5.41) is 26.1. The molecule has 4 heteroatoms. The molecule has 54 valence electrons. The van der Waals surface area contributed by atoms with Crippen LogP contribution >= 0.6 is 0 Å². The number of aliphatic hydroxyl groups is 3. The molecular weight excluding hydrogens is 124 g/mol. The van der Waals surface area contributed by atoms with Gasteiger partial charge < -0.3 is 20.1 Å². The number of aliphatic hydroxyl groups excluding tert-OH is 3. The number of ether oxygens (including phenoxy) is 1. The van der Waals surface area contributed by atoms with E-state index in [0.29, 0.717) is 0 Å². The van der Waals surface area contributed by atoms with Crippen molar-refractivity contribution < 1.29 is 20.1 Å². The van der Waals surface area contributed by atoms with E-state index >= 15 is 0 Å². The van der Waals surface area contributed by atoms with Gasteiger partial charge in [-0.3, -0.25) is 0 Å². The molecule has 0 radical (unpaired) electrons. The Labute approximate surface area is 52.7 Å². The Hall–Kier alpha value is -0.160. The van der Waals surface area contributed by atoms with Crippen molar-refractivity contribution in [3.05, 3.63) is 0 Å². The zero-order valence-corrected chi connectivity index (χ0v) is 4.90. The number of rotatable bonds is 1. The smallest absolute Gasteiger partial charge is 0.157 e.